The van der Waals surface area contributed by atoms with E-state index < -0.39 is 5.54 Å². The van der Waals surface area contributed by atoms with Crippen molar-refractivity contribution in [3.8, 4) is 17.6 Å². The van der Waals surface area contributed by atoms with Gasteiger partial charge in [0.15, 0.2) is 0 Å². The number of methoxy groups -OCH3 is 2. The normalized spacial score (nSPS) is 20.0. The predicted molar refractivity (Wildman–Crippen MR) is 115 cm³/mol. The van der Waals surface area contributed by atoms with Gasteiger partial charge in [0.05, 0.1) is 26.8 Å². The molecule has 0 aromatic heterocycles. The van der Waals surface area contributed by atoms with Crippen molar-refractivity contribution < 1.29 is 14.3 Å². The number of carbonyl (C=O) groups is 1. The third-order valence-electron chi connectivity index (χ3n) is 6.26. The fraction of sp³-hybridized carbons (Fsp3) is 0.652. The lowest BCUT2D eigenvalue weighted by Gasteiger charge is -2.35. The number of amides is 1. The number of piperazine rings is 1. The first-order valence-corrected chi connectivity index (χ1v) is 11.0. The minimum atomic E-state index is -0.668. The maximum atomic E-state index is 12.6. The highest BCUT2D eigenvalue weighted by Gasteiger charge is 2.33. The molecule has 30 heavy (non-hydrogen) atoms. The van der Waals surface area contributed by atoms with Crippen LogP contribution in [-0.4, -0.2) is 68.2 Å². The molecule has 7 nitrogen and oxygen atoms in total. The average molecular weight is 415 g/mol. The summed E-state index contributed by atoms with van der Waals surface area (Å²) in [4.78, 5) is 17.2. The number of nitrogens with one attached hydrogen (secondary N) is 1. The summed E-state index contributed by atoms with van der Waals surface area (Å²) in [7, 11) is 3.35. The summed E-state index contributed by atoms with van der Waals surface area (Å²) in [6.07, 6.45) is 5.87. The molecule has 0 radical (unpaired) electrons. The highest BCUT2D eigenvalue weighted by molar-refractivity contribution is 5.79. The fourth-order valence-corrected chi connectivity index (χ4v) is 4.46. The molecule has 7 heteroatoms. The van der Waals surface area contributed by atoms with Gasteiger partial charge in [-0.1, -0.05) is 25.7 Å². The molecular formula is C23H34N4O3. The van der Waals surface area contributed by atoms with E-state index in [2.05, 4.69) is 21.2 Å². The minimum Gasteiger partial charge on any atom is -0.497 e. The molecule has 1 N–H and O–H groups in total. The van der Waals surface area contributed by atoms with Crippen LogP contribution in [0.1, 0.15) is 44.1 Å². The van der Waals surface area contributed by atoms with Crippen LogP contribution in [0.3, 0.4) is 0 Å². The molecule has 3 rings (SSSR count). The number of hydrogen-bond acceptors (Lipinski definition) is 6. The van der Waals surface area contributed by atoms with Crippen molar-refractivity contribution in [1.82, 2.24) is 15.1 Å². The quantitative estimate of drug-likeness (QED) is 0.691. The molecule has 2 fully saturated rings. The topological polar surface area (TPSA) is 77.8 Å². The van der Waals surface area contributed by atoms with Crippen molar-refractivity contribution in [1.29, 1.82) is 5.26 Å². The van der Waals surface area contributed by atoms with E-state index >= 15 is 0 Å². The Morgan fingerprint density at radius 2 is 1.73 bits per heavy atom. The van der Waals surface area contributed by atoms with Gasteiger partial charge < -0.3 is 14.8 Å². The summed E-state index contributed by atoms with van der Waals surface area (Å²) < 4.78 is 10.8. The Labute approximate surface area is 179 Å². The highest BCUT2D eigenvalue weighted by atomic mass is 16.5. The molecule has 1 heterocycles. The number of carbonyl (C=O) groups excluding carboxylic acids is 1. The molecule has 0 atom stereocenters. The Balaban J connectivity index is 1.49. The SMILES string of the molecule is COc1ccc(OC)c(CN2CCN(CC(=O)NC3(C#N)CCCCCC3)CC2)c1. The van der Waals surface area contributed by atoms with Crippen molar-refractivity contribution in [2.45, 2.75) is 50.6 Å². The summed E-state index contributed by atoms with van der Waals surface area (Å²) in [5.74, 6) is 1.66. The van der Waals surface area contributed by atoms with Gasteiger partial charge in [-0.3, -0.25) is 14.6 Å². The molecule has 1 aromatic rings. The molecule has 0 bridgehead atoms. The van der Waals surface area contributed by atoms with Crippen LogP contribution in [0.15, 0.2) is 18.2 Å². The van der Waals surface area contributed by atoms with Crippen LogP contribution in [-0.2, 0) is 11.3 Å². The third kappa shape index (κ3) is 5.87. The van der Waals surface area contributed by atoms with Crippen LogP contribution in [0.2, 0.25) is 0 Å². The van der Waals surface area contributed by atoms with Gasteiger partial charge in [-0.05, 0) is 31.0 Å². The number of nitriles is 1. The van der Waals surface area contributed by atoms with Gasteiger partial charge in [0.25, 0.3) is 0 Å². The number of nitrogens with zero attached hydrogens (tertiary/aromatic N) is 3. The summed E-state index contributed by atoms with van der Waals surface area (Å²) >= 11 is 0. The van der Waals surface area contributed by atoms with Gasteiger partial charge in [-0.15, -0.1) is 0 Å². The van der Waals surface area contributed by atoms with Crippen molar-refractivity contribution in [3.63, 3.8) is 0 Å². The number of hydrogen-bond donors (Lipinski definition) is 1. The van der Waals surface area contributed by atoms with E-state index in [1.54, 1.807) is 14.2 Å². The van der Waals surface area contributed by atoms with Crippen LogP contribution in [0, 0.1) is 11.3 Å². The summed E-state index contributed by atoms with van der Waals surface area (Å²) in [6, 6.07) is 8.26. The van der Waals surface area contributed by atoms with Gasteiger partial charge in [0, 0.05) is 38.3 Å². The molecule has 164 valence electrons. The molecule has 1 saturated carbocycles. The lowest BCUT2D eigenvalue weighted by Crippen LogP contribution is -2.53. The lowest BCUT2D eigenvalue weighted by molar-refractivity contribution is -0.124. The smallest absolute Gasteiger partial charge is 0.235 e. The first-order valence-electron chi connectivity index (χ1n) is 11.0. The Morgan fingerprint density at radius 1 is 1.07 bits per heavy atom. The Hall–Kier alpha value is -2.30. The van der Waals surface area contributed by atoms with Crippen LogP contribution >= 0.6 is 0 Å². The van der Waals surface area contributed by atoms with Gasteiger partial charge in [0.2, 0.25) is 5.91 Å². The molecule has 0 spiro atoms. The van der Waals surface area contributed by atoms with Crippen molar-refractivity contribution in [2.24, 2.45) is 0 Å². The standard InChI is InChI=1S/C23H34N4O3/c1-29-20-7-8-21(30-2)19(15-20)16-26-11-13-27(14-12-26)17-22(28)25-23(18-24)9-5-3-4-6-10-23/h7-8,15H,3-6,9-14,16-17H2,1-2H3,(H,25,28). The largest absolute Gasteiger partial charge is 0.497 e. The zero-order valence-corrected chi connectivity index (χ0v) is 18.3. The van der Waals surface area contributed by atoms with Gasteiger partial charge in [0.1, 0.15) is 17.0 Å². The fourth-order valence-electron chi connectivity index (χ4n) is 4.46. The predicted octanol–water partition coefficient (Wildman–Crippen LogP) is 2.55. The maximum absolute atomic E-state index is 12.6. The second kappa shape index (κ2) is 10.6. The van der Waals surface area contributed by atoms with Crippen molar-refractivity contribution in [2.75, 3.05) is 46.9 Å². The van der Waals surface area contributed by atoms with E-state index in [1.807, 2.05) is 18.2 Å². The van der Waals surface area contributed by atoms with Crippen LogP contribution < -0.4 is 14.8 Å². The molecule has 1 saturated heterocycles. The Bertz CT molecular complexity index is 745. The van der Waals surface area contributed by atoms with E-state index in [-0.39, 0.29) is 5.91 Å². The monoisotopic (exact) mass is 414 g/mol. The van der Waals surface area contributed by atoms with E-state index in [0.29, 0.717) is 6.54 Å². The van der Waals surface area contributed by atoms with E-state index in [9.17, 15) is 10.1 Å². The number of rotatable bonds is 7. The molecule has 2 aliphatic rings. The molecule has 1 aliphatic carbocycles. The van der Waals surface area contributed by atoms with E-state index in [4.69, 9.17) is 9.47 Å². The second-order valence-electron chi connectivity index (χ2n) is 8.39. The zero-order valence-electron chi connectivity index (χ0n) is 18.3. The minimum absolute atomic E-state index is 0.0265. The number of benzene rings is 1. The Kier molecular flexibility index (Phi) is 7.94. The van der Waals surface area contributed by atoms with Gasteiger partial charge in [-0.25, -0.2) is 0 Å². The number of ether oxygens (including phenoxy) is 2. The zero-order chi connectivity index (χ0) is 21.4. The van der Waals surface area contributed by atoms with Crippen LogP contribution in [0.25, 0.3) is 0 Å². The third-order valence-corrected chi connectivity index (χ3v) is 6.26. The summed E-state index contributed by atoms with van der Waals surface area (Å²) in [5, 5.41) is 12.7. The maximum Gasteiger partial charge on any atom is 0.235 e. The lowest BCUT2D eigenvalue weighted by atomic mass is 9.92. The van der Waals surface area contributed by atoms with E-state index in [0.717, 1.165) is 88.3 Å². The van der Waals surface area contributed by atoms with Gasteiger partial charge >= 0.3 is 0 Å². The molecule has 1 aromatic carbocycles. The first kappa shape index (κ1) is 22.4. The van der Waals surface area contributed by atoms with Crippen molar-refractivity contribution in [3.05, 3.63) is 23.8 Å². The van der Waals surface area contributed by atoms with Crippen LogP contribution in [0.5, 0.6) is 11.5 Å². The summed E-state index contributed by atoms with van der Waals surface area (Å²) in [6.45, 7) is 4.59. The highest BCUT2D eigenvalue weighted by Crippen LogP contribution is 2.27. The molecule has 1 aliphatic heterocycles. The van der Waals surface area contributed by atoms with Gasteiger partial charge in [-0.2, -0.15) is 5.26 Å². The summed E-state index contributed by atoms with van der Waals surface area (Å²) in [5.41, 5.74) is 0.436. The first-order chi connectivity index (χ1) is 14.6. The van der Waals surface area contributed by atoms with Crippen LogP contribution in [0.4, 0.5) is 0 Å². The second-order valence-corrected chi connectivity index (χ2v) is 8.39. The van der Waals surface area contributed by atoms with E-state index in [1.165, 1.54) is 0 Å². The Morgan fingerprint density at radius 3 is 2.33 bits per heavy atom. The molecular weight excluding hydrogens is 380 g/mol. The van der Waals surface area contributed by atoms with Crippen molar-refractivity contribution >= 4 is 5.91 Å². The molecule has 1 amide bonds. The molecule has 0 unspecified atom stereocenters. The average Bonchev–Trinajstić information content (AvgIpc) is 3.01.